The summed E-state index contributed by atoms with van der Waals surface area (Å²) in [6, 6.07) is -2.19. The van der Waals surface area contributed by atoms with Crippen LogP contribution in [0, 0.1) is 0 Å². The average molecular weight is 310 g/mol. The van der Waals surface area contributed by atoms with Crippen molar-refractivity contribution in [2.45, 2.75) is 32.4 Å². The minimum atomic E-state index is -3.28. The van der Waals surface area contributed by atoms with Crippen LogP contribution in [0.3, 0.4) is 0 Å². The van der Waals surface area contributed by atoms with Crippen molar-refractivity contribution in [1.82, 2.24) is 10.6 Å². The van der Waals surface area contributed by atoms with Crippen LogP contribution in [0.5, 0.6) is 0 Å². The summed E-state index contributed by atoms with van der Waals surface area (Å²) in [6.07, 6.45) is 0.831. The Hall–Kier alpha value is -1.35. The number of aliphatic carboxylic acids is 1. The molecule has 118 valence electrons. The Morgan fingerprint density at radius 2 is 1.90 bits per heavy atom. The van der Waals surface area contributed by atoms with Gasteiger partial charge in [-0.25, -0.2) is 18.0 Å². The van der Waals surface area contributed by atoms with E-state index in [1.165, 1.54) is 0 Å². The molecule has 0 aromatic heterocycles. The van der Waals surface area contributed by atoms with Crippen LogP contribution < -0.4 is 10.6 Å². The number of hydrogen-bond donors (Lipinski definition) is 3. The van der Waals surface area contributed by atoms with E-state index in [2.05, 4.69) is 10.6 Å². The molecule has 2 atom stereocenters. The fourth-order valence-electron chi connectivity index (χ4n) is 1.35. The predicted octanol–water partition coefficient (Wildman–Crippen LogP) is -0.401. The fourth-order valence-corrected chi connectivity index (χ4v) is 2.01. The molecule has 0 saturated carbocycles. The average Bonchev–Trinajstić information content (AvgIpc) is 2.30. The molecule has 0 rings (SSSR count). The summed E-state index contributed by atoms with van der Waals surface area (Å²) < 4.78 is 27.1. The highest BCUT2D eigenvalue weighted by Gasteiger charge is 2.22. The van der Waals surface area contributed by atoms with Gasteiger partial charge >= 0.3 is 12.0 Å². The number of nitrogens with one attached hydrogen (secondary N) is 2. The molecule has 2 amide bonds. The highest BCUT2D eigenvalue weighted by atomic mass is 32.2. The zero-order chi connectivity index (χ0) is 15.8. The Morgan fingerprint density at radius 3 is 2.35 bits per heavy atom. The molecule has 0 aromatic rings. The van der Waals surface area contributed by atoms with Crippen molar-refractivity contribution >= 4 is 21.8 Å². The first-order valence-electron chi connectivity index (χ1n) is 6.21. The second-order valence-corrected chi connectivity index (χ2v) is 6.75. The maximum Gasteiger partial charge on any atom is 0.326 e. The predicted molar refractivity (Wildman–Crippen MR) is 73.4 cm³/mol. The summed E-state index contributed by atoms with van der Waals surface area (Å²) in [6.45, 7) is 4.35. The Bertz CT molecular complexity index is 423. The van der Waals surface area contributed by atoms with Crippen molar-refractivity contribution in [2.75, 3.05) is 25.2 Å². The lowest BCUT2D eigenvalue weighted by Crippen LogP contribution is -2.49. The van der Waals surface area contributed by atoms with Crippen molar-refractivity contribution in [3.8, 4) is 0 Å². The summed E-state index contributed by atoms with van der Waals surface area (Å²) in [5.41, 5.74) is 0. The van der Waals surface area contributed by atoms with Gasteiger partial charge in [-0.05, 0) is 20.3 Å². The van der Waals surface area contributed by atoms with Gasteiger partial charge in [0.25, 0.3) is 0 Å². The standard InChI is InChI=1S/C11H22N2O6S/c1-4-19-7-8(2)12-11(16)13-9(10(14)15)5-6-20(3,17)18/h8-9H,4-7H2,1-3H3,(H,14,15)(H2,12,13,16). The molecule has 9 heteroatoms. The number of sulfone groups is 1. The molecule has 0 heterocycles. The molecule has 2 unspecified atom stereocenters. The number of carboxylic acids is 1. The SMILES string of the molecule is CCOCC(C)NC(=O)NC(CCS(C)(=O)=O)C(=O)O. The fraction of sp³-hybridized carbons (Fsp3) is 0.818. The van der Waals surface area contributed by atoms with Crippen molar-refractivity contribution < 1.29 is 27.9 Å². The van der Waals surface area contributed by atoms with Crippen molar-refractivity contribution in [3.05, 3.63) is 0 Å². The van der Waals surface area contributed by atoms with Crippen LogP contribution in [0.4, 0.5) is 4.79 Å². The molecule has 3 N–H and O–H groups in total. The van der Waals surface area contributed by atoms with Gasteiger partial charge in [-0.15, -0.1) is 0 Å². The van der Waals surface area contributed by atoms with E-state index >= 15 is 0 Å². The zero-order valence-electron chi connectivity index (χ0n) is 11.9. The van der Waals surface area contributed by atoms with Gasteiger partial charge in [-0.2, -0.15) is 0 Å². The minimum absolute atomic E-state index is 0.179. The number of carboxylic acid groups (broad SMARTS) is 1. The van der Waals surface area contributed by atoms with Gasteiger partial charge < -0.3 is 20.5 Å². The van der Waals surface area contributed by atoms with E-state index in [0.29, 0.717) is 13.2 Å². The molecular weight excluding hydrogens is 288 g/mol. The molecule has 8 nitrogen and oxygen atoms in total. The first-order valence-corrected chi connectivity index (χ1v) is 8.27. The van der Waals surface area contributed by atoms with Crippen molar-refractivity contribution in [2.24, 2.45) is 0 Å². The van der Waals surface area contributed by atoms with Crippen LogP contribution in [0.2, 0.25) is 0 Å². The third-order valence-corrected chi connectivity index (χ3v) is 3.31. The maximum atomic E-state index is 11.6. The number of urea groups is 1. The van der Waals surface area contributed by atoms with Gasteiger partial charge in [0.2, 0.25) is 0 Å². The highest BCUT2D eigenvalue weighted by Crippen LogP contribution is 1.97. The summed E-state index contributed by atoms with van der Waals surface area (Å²) in [4.78, 5) is 22.5. The van der Waals surface area contributed by atoms with Crippen LogP contribution in [0.15, 0.2) is 0 Å². The quantitative estimate of drug-likeness (QED) is 0.532. The van der Waals surface area contributed by atoms with E-state index in [-0.39, 0.29) is 18.2 Å². The van der Waals surface area contributed by atoms with E-state index in [1.807, 2.05) is 6.92 Å². The third kappa shape index (κ3) is 9.56. The third-order valence-electron chi connectivity index (χ3n) is 2.33. The van der Waals surface area contributed by atoms with Crippen LogP contribution in [0.1, 0.15) is 20.3 Å². The molecule has 0 aliphatic carbocycles. The van der Waals surface area contributed by atoms with E-state index in [4.69, 9.17) is 9.84 Å². The first-order chi connectivity index (χ1) is 9.15. The second kappa shape index (κ2) is 8.75. The number of ether oxygens (including phenoxy) is 1. The molecule has 0 spiro atoms. The lowest BCUT2D eigenvalue weighted by atomic mass is 10.2. The molecule has 0 bridgehead atoms. The molecule has 0 fully saturated rings. The summed E-state index contributed by atoms with van der Waals surface area (Å²) in [7, 11) is -3.28. The molecule has 0 aliphatic rings. The Kier molecular flexibility index (Phi) is 8.16. The molecular formula is C11H22N2O6S. The molecule has 0 radical (unpaired) electrons. The molecule has 0 saturated heterocycles. The summed E-state index contributed by atoms with van der Waals surface area (Å²) >= 11 is 0. The van der Waals surface area contributed by atoms with E-state index < -0.39 is 27.9 Å². The monoisotopic (exact) mass is 310 g/mol. The first kappa shape index (κ1) is 18.7. The number of amides is 2. The van der Waals surface area contributed by atoms with Gasteiger partial charge in [-0.3, -0.25) is 0 Å². The molecule has 20 heavy (non-hydrogen) atoms. The highest BCUT2D eigenvalue weighted by molar-refractivity contribution is 7.90. The second-order valence-electron chi connectivity index (χ2n) is 4.49. The van der Waals surface area contributed by atoms with Crippen LogP contribution >= 0.6 is 0 Å². The van der Waals surface area contributed by atoms with Gasteiger partial charge in [0, 0.05) is 12.9 Å². The lowest BCUT2D eigenvalue weighted by Gasteiger charge is -2.18. The van der Waals surface area contributed by atoms with E-state index in [1.54, 1.807) is 6.92 Å². The summed E-state index contributed by atoms with van der Waals surface area (Å²) in [5, 5.41) is 13.7. The summed E-state index contributed by atoms with van der Waals surface area (Å²) in [5.74, 6) is -1.58. The van der Waals surface area contributed by atoms with E-state index in [0.717, 1.165) is 6.26 Å². The smallest absolute Gasteiger partial charge is 0.326 e. The lowest BCUT2D eigenvalue weighted by molar-refractivity contribution is -0.139. The van der Waals surface area contributed by atoms with Gasteiger partial charge in [0.05, 0.1) is 18.4 Å². The largest absolute Gasteiger partial charge is 0.480 e. The van der Waals surface area contributed by atoms with Gasteiger partial charge in [0.1, 0.15) is 15.9 Å². The topological polar surface area (TPSA) is 122 Å². The van der Waals surface area contributed by atoms with Crippen LogP contribution in [0.25, 0.3) is 0 Å². The number of hydrogen-bond acceptors (Lipinski definition) is 5. The normalized spacial score (nSPS) is 14.3. The Balaban J connectivity index is 4.31. The van der Waals surface area contributed by atoms with Crippen LogP contribution in [-0.4, -0.2) is 62.8 Å². The van der Waals surface area contributed by atoms with Gasteiger partial charge in [0.15, 0.2) is 0 Å². The van der Waals surface area contributed by atoms with Crippen molar-refractivity contribution in [1.29, 1.82) is 0 Å². The van der Waals surface area contributed by atoms with Crippen LogP contribution in [-0.2, 0) is 19.4 Å². The Morgan fingerprint density at radius 1 is 1.30 bits per heavy atom. The van der Waals surface area contributed by atoms with Crippen molar-refractivity contribution in [3.63, 3.8) is 0 Å². The number of carbonyl (C=O) groups is 2. The number of rotatable bonds is 9. The van der Waals surface area contributed by atoms with E-state index in [9.17, 15) is 18.0 Å². The minimum Gasteiger partial charge on any atom is -0.480 e. The molecule has 0 aliphatic heterocycles. The zero-order valence-corrected chi connectivity index (χ0v) is 12.7. The van der Waals surface area contributed by atoms with Gasteiger partial charge in [-0.1, -0.05) is 0 Å². The number of carbonyl (C=O) groups excluding carboxylic acids is 1. The molecule has 0 aromatic carbocycles. The maximum absolute atomic E-state index is 11.6. The Labute approximate surface area is 118 Å².